The maximum Gasteiger partial charge on any atom is 0.240 e. The molecular weight excluding hydrogens is 468 g/mol. The van der Waals surface area contributed by atoms with Crippen LogP contribution in [0.15, 0.2) is 24.3 Å². The third-order valence-corrected chi connectivity index (χ3v) is 9.46. The number of aliphatic hydroxyl groups excluding tert-OH is 2. The van der Waals surface area contributed by atoms with Gasteiger partial charge in [-0.2, -0.15) is 5.06 Å². The largest absolute Gasteiger partial charge is 0.394 e. The molecule has 2 bridgehead atoms. The van der Waals surface area contributed by atoms with Crippen LogP contribution in [0.3, 0.4) is 0 Å². The van der Waals surface area contributed by atoms with Crippen LogP contribution in [0.25, 0.3) is 0 Å². The van der Waals surface area contributed by atoms with Crippen molar-refractivity contribution in [2.75, 3.05) is 33.8 Å². The second kappa shape index (κ2) is 11.7. The predicted molar refractivity (Wildman–Crippen MR) is 144 cm³/mol. The van der Waals surface area contributed by atoms with Crippen molar-refractivity contribution in [3.63, 3.8) is 0 Å². The maximum absolute atomic E-state index is 13.8. The standard InChI is InChI=1S/C29H48N4O4/c1-18-23-13-22(29(23,3)4)14-24(18)31-28(36)27-26(19(2)35)25(17-34)37-33(27)16-21-9-7-8-20(12-21)15-30-10-11-32(5)6/h7-9,12,18-19,22-27,30,34-35H,10-11,13-17H2,1-6H3,(H,31,36)/t18-,19-,22+,23-,24-,25-,26+,27-/m0/s1. The summed E-state index contributed by atoms with van der Waals surface area (Å²) >= 11 is 0. The summed E-state index contributed by atoms with van der Waals surface area (Å²) in [5, 5.41) is 29.1. The molecule has 4 aliphatic rings. The smallest absolute Gasteiger partial charge is 0.240 e. The summed E-state index contributed by atoms with van der Waals surface area (Å²) in [5.74, 6) is 1.06. The van der Waals surface area contributed by atoms with Crippen molar-refractivity contribution < 1.29 is 19.8 Å². The molecule has 1 aromatic carbocycles. The molecule has 1 aliphatic heterocycles. The average Bonchev–Trinajstić information content (AvgIpc) is 3.21. The maximum atomic E-state index is 13.8. The van der Waals surface area contributed by atoms with Crippen LogP contribution in [0, 0.1) is 29.1 Å². The van der Waals surface area contributed by atoms with E-state index in [-0.39, 0.29) is 18.6 Å². The Balaban J connectivity index is 1.46. The van der Waals surface area contributed by atoms with E-state index in [4.69, 9.17) is 4.84 Å². The molecule has 0 spiro atoms. The number of likely N-dealkylation sites (N-methyl/N-ethyl adjacent to an activating group) is 1. The van der Waals surface area contributed by atoms with E-state index in [0.29, 0.717) is 29.7 Å². The highest BCUT2D eigenvalue weighted by Gasteiger charge is 2.57. The first kappa shape index (κ1) is 28.5. The van der Waals surface area contributed by atoms with E-state index in [0.717, 1.165) is 31.6 Å². The zero-order valence-electron chi connectivity index (χ0n) is 23.5. The van der Waals surface area contributed by atoms with Crippen LogP contribution in [-0.4, -0.2) is 84.2 Å². The quantitative estimate of drug-likeness (QED) is 0.334. The number of hydroxylamine groups is 2. The molecule has 0 radical (unpaired) electrons. The van der Waals surface area contributed by atoms with E-state index in [2.05, 4.69) is 62.5 Å². The summed E-state index contributed by atoms with van der Waals surface area (Å²) in [7, 11) is 4.12. The predicted octanol–water partition coefficient (Wildman–Crippen LogP) is 2.00. The molecule has 5 rings (SSSR count). The number of nitrogens with one attached hydrogen (secondary N) is 2. The molecule has 1 saturated heterocycles. The Bertz CT molecular complexity index is 923. The van der Waals surface area contributed by atoms with Gasteiger partial charge in [-0.05, 0) is 68.2 Å². The number of aliphatic hydroxyl groups is 2. The minimum atomic E-state index is -0.791. The van der Waals surface area contributed by atoms with Crippen molar-refractivity contribution in [1.82, 2.24) is 20.6 Å². The van der Waals surface area contributed by atoms with Crippen LogP contribution in [0.1, 0.15) is 51.7 Å². The lowest BCUT2D eigenvalue weighted by Gasteiger charge is -2.62. The van der Waals surface area contributed by atoms with E-state index >= 15 is 0 Å². The third-order valence-electron chi connectivity index (χ3n) is 9.46. The number of nitrogens with zero attached hydrogens (tertiary/aromatic N) is 2. The van der Waals surface area contributed by atoms with Crippen LogP contribution in [0.2, 0.25) is 0 Å². The highest BCUT2D eigenvalue weighted by Crippen LogP contribution is 2.61. The molecule has 4 fully saturated rings. The summed E-state index contributed by atoms with van der Waals surface area (Å²) < 4.78 is 0. The van der Waals surface area contributed by atoms with Gasteiger partial charge in [-0.1, -0.05) is 45.0 Å². The number of hydrogen-bond donors (Lipinski definition) is 4. The lowest BCUT2D eigenvalue weighted by molar-refractivity contribution is -0.183. The average molecular weight is 517 g/mol. The summed E-state index contributed by atoms with van der Waals surface area (Å²) in [4.78, 5) is 22.0. The van der Waals surface area contributed by atoms with Crippen LogP contribution >= 0.6 is 0 Å². The number of rotatable bonds is 11. The Morgan fingerprint density at radius 1 is 1.27 bits per heavy atom. The minimum absolute atomic E-state index is 0.112. The lowest BCUT2D eigenvalue weighted by Crippen LogP contribution is -2.62. The van der Waals surface area contributed by atoms with Gasteiger partial charge in [0.1, 0.15) is 12.1 Å². The molecule has 0 unspecified atom stereocenters. The van der Waals surface area contributed by atoms with E-state index in [9.17, 15) is 15.0 Å². The number of amides is 1. The zero-order chi connectivity index (χ0) is 26.9. The van der Waals surface area contributed by atoms with Gasteiger partial charge in [0.05, 0.1) is 19.3 Å². The van der Waals surface area contributed by atoms with Gasteiger partial charge in [0.2, 0.25) is 5.91 Å². The number of carbonyl (C=O) groups is 1. The molecular formula is C29H48N4O4. The highest BCUT2D eigenvalue weighted by atomic mass is 16.7. The number of benzene rings is 1. The minimum Gasteiger partial charge on any atom is -0.394 e. The highest BCUT2D eigenvalue weighted by molar-refractivity contribution is 5.82. The second-order valence-electron chi connectivity index (χ2n) is 12.5. The molecule has 8 heteroatoms. The first-order valence-corrected chi connectivity index (χ1v) is 14.0. The van der Waals surface area contributed by atoms with Crippen LogP contribution < -0.4 is 10.6 Å². The summed E-state index contributed by atoms with van der Waals surface area (Å²) in [6, 6.07) is 7.74. The molecule has 3 aliphatic carbocycles. The first-order valence-electron chi connectivity index (χ1n) is 14.0. The molecule has 1 aromatic rings. The molecule has 1 amide bonds. The number of carbonyl (C=O) groups excluding carboxylic acids is 1. The molecule has 37 heavy (non-hydrogen) atoms. The Morgan fingerprint density at radius 3 is 2.62 bits per heavy atom. The zero-order valence-corrected chi connectivity index (χ0v) is 23.5. The molecule has 0 aromatic heterocycles. The Labute approximate surface area is 222 Å². The fourth-order valence-electron chi connectivity index (χ4n) is 7.04. The van der Waals surface area contributed by atoms with Gasteiger partial charge in [-0.3, -0.25) is 9.63 Å². The fraction of sp³-hybridized carbons (Fsp3) is 0.759. The van der Waals surface area contributed by atoms with Gasteiger partial charge in [-0.15, -0.1) is 0 Å². The normalized spacial score (nSPS) is 33.8. The van der Waals surface area contributed by atoms with Crippen molar-refractivity contribution >= 4 is 5.91 Å². The Morgan fingerprint density at radius 2 is 2.00 bits per heavy atom. The Hall–Kier alpha value is -1.55. The van der Waals surface area contributed by atoms with Gasteiger partial charge in [0, 0.05) is 31.6 Å². The topological polar surface area (TPSA) is 97.3 Å². The molecule has 1 heterocycles. The first-order chi connectivity index (χ1) is 17.5. The van der Waals surface area contributed by atoms with Crippen LogP contribution in [-0.2, 0) is 22.7 Å². The van der Waals surface area contributed by atoms with Gasteiger partial charge in [-0.25, -0.2) is 0 Å². The molecule has 3 saturated carbocycles. The summed E-state index contributed by atoms with van der Waals surface area (Å²) in [6.07, 6.45) is 0.835. The summed E-state index contributed by atoms with van der Waals surface area (Å²) in [5.41, 5.74) is 2.54. The van der Waals surface area contributed by atoms with Crippen molar-refractivity contribution in [3.05, 3.63) is 35.4 Å². The lowest BCUT2D eigenvalue weighted by atomic mass is 9.45. The summed E-state index contributed by atoms with van der Waals surface area (Å²) in [6.45, 7) is 11.5. The van der Waals surface area contributed by atoms with Crippen molar-refractivity contribution in [3.8, 4) is 0 Å². The van der Waals surface area contributed by atoms with Gasteiger partial charge >= 0.3 is 0 Å². The van der Waals surface area contributed by atoms with E-state index in [1.807, 2.05) is 12.1 Å². The number of hydrogen-bond acceptors (Lipinski definition) is 7. The molecule has 4 N–H and O–H groups in total. The van der Waals surface area contributed by atoms with Crippen molar-refractivity contribution in [1.29, 1.82) is 0 Å². The van der Waals surface area contributed by atoms with Crippen LogP contribution in [0.4, 0.5) is 0 Å². The van der Waals surface area contributed by atoms with E-state index in [1.165, 1.54) is 12.0 Å². The van der Waals surface area contributed by atoms with E-state index < -0.39 is 24.2 Å². The fourth-order valence-corrected chi connectivity index (χ4v) is 7.04. The van der Waals surface area contributed by atoms with Gasteiger partial charge < -0.3 is 25.7 Å². The van der Waals surface area contributed by atoms with Gasteiger partial charge in [0.25, 0.3) is 0 Å². The van der Waals surface area contributed by atoms with Crippen molar-refractivity contribution in [2.45, 2.75) is 77.9 Å². The molecule has 8 nitrogen and oxygen atoms in total. The van der Waals surface area contributed by atoms with Crippen molar-refractivity contribution in [2.24, 2.45) is 29.1 Å². The van der Waals surface area contributed by atoms with Gasteiger partial charge in [0.15, 0.2) is 0 Å². The van der Waals surface area contributed by atoms with Crippen LogP contribution in [0.5, 0.6) is 0 Å². The monoisotopic (exact) mass is 516 g/mol. The second-order valence-corrected chi connectivity index (χ2v) is 12.5. The molecule has 208 valence electrons. The van der Waals surface area contributed by atoms with E-state index in [1.54, 1.807) is 12.0 Å². The molecule has 8 atom stereocenters. The Kier molecular flexibility index (Phi) is 8.98. The third kappa shape index (κ3) is 6.05. The SMILES string of the molecule is C[C@@H]1[C@@H](NC(=O)[C@@H]2[C@H]([C@H](C)O)[C@H](CO)ON2Cc2cccc(CNCCN(C)C)c2)C[C@H]2C[C@@H]1C2(C)C. The number of fused-ring (bicyclic) bond motifs is 2.